The molecule has 1 fully saturated rings. The lowest BCUT2D eigenvalue weighted by Crippen LogP contribution is -2.46. The summed E-state index contributed by atoms with van der Waals surface area (Å²) in [5, 5.41) is 11.5. The van der Waals surface area contributed by atoms with Gasteiger partial charge in [0.15, 0.2) is 0 Å². The maximum atomic E-state index is 12.6. The van der Waals surface area contributed by atoms with Gasteiger partial charge in [0.25, 0.3) is 5.22 Å². The molecule has 7 nitrogen and oxygen atoms in total. The molecule has 32 heavy (non-hydrogen) atoms. The van der Waals surface area contributed by atoms with Crippen molar-refractivity contribution in [3.63, 3.8) is 0 Å². The first-order chi connectivity index (χ1) is 15.6. The van der Waals surface area contributed by atoms with Gasteiger partial charge in [-0.05, 0) is 40.2 Å². The van der Waals surface area contributed by atoms with Crippen LogP contribution in [0.2, 0.25) is 0 Å². The Balaban J connectivity index is 1.35. The number of hydrogen-bond donors (Lipinski definition) is 1. The first-order valence-electron chi connectivity index (χ1n) is 10.1. The zero-order valence-electron chi connectivity index (χ0n) is 17.3. The highest BCUT2D eigenvalue weighted by Gasteiger charge is 2.19. The van der Waals surface area contributed by atoms with Crippen molar-refractivity contribution in [1.29, 1.82) is 0 Å². The van der Waals surface area contributed by atoms with Crippen LogP contribution in [0, 0.1) is 12.3 Å². The van der Waals surface area contributed by atoms with E-state index in [9.17, 15) is 4.79 Å². The number of thioether (sulfide) groups is 1. The van der Waals surface area contributed by atoms with Gasteiger partial charge < -0.3 is 14.6 Å². The standard InChI is InChI=1S/C23H22BrN5O2S/c1-2-11-28-12-14-29(15-13-28)20-10-6-5-9-19(20)25-21(30)16-32-23-27-26-22(31-23)17-7-3-4-8-18(17)24/h1,3-10H,11-16H2,(H,25,30). The first kappa shape index (κ1) is 22.4. The van der Waals surface area contributed by atoms with E-state index >= 15 is 0 Å². The van der Waals surface area contributed by atoms with Gasteiger partial charge in [-0.3, -0.25) is 9.69 Å². The average Bonchev–Trinajstić information content (AvgIpc) is 3.28. The van der Waals surface area contributed by atoms with Crippen LogP contribution in [0.25, 0.3) is 11.5 Å². The molecule has 0 atom stereocenters. The van der Waals surface area contributed by atoms with Crippen molar-refractivity contribution in [2.75, 3.05) is 48.7 Å². The molecule has 164 valence electrons. The fourth-order valence-electron chi connectivity index (χ4n) is 3.46. The van der Waals surface area contributed by atoms with Crippen molar-refractivity contribution in [2.24, 2.45) is 0 Å². The predicted octanol–water partition coefficient (Wildman–Crippen LogP) is 3.99. The molecule has 1 aliphatic heterocycles. The molecular weight excluding hydrogens is 490 g/mol. The molecule has 0 unspecified atom stereocenters. The molecule has 9 heteroatoms. The number of carbonyl (C=O) groups is 1. The van der Waals surface area contributed by atoms with Gasteiger partial charge in [0, 0.05) is 30.7 Å². The molecule has 0 aliphatic carbocycles. The number of halogens is 1. The van der Waals surface area contributed by atoms with Gasteiger partial charge in [-0.15, -0.1) is 16.6 Å². The van der Waals surface area contributed by atoms with Gasteiger partial charge >= 0.3 is 0 Å². The summed E-state index contributed by atoms with van der Waals surface area (Å²) in [5.74, 6) is 3.15. The molecule has 3 aromatic rings. The van der Waals surface area contributed by atoms with E-state index in [1.54, 1.807) is 0 Å². The zero-order chi connectivity index (χ0) is 22.3. The molecule has 0 saturated carbocycles. The van der Waals surface area contributed by atoms with E-state index < -0.39 is 0 Å². The Morgan fingerprint density at radius 3 is 2.66 bits per heavy atom. The number of hydrogen-bond acceptors (Lipinski definition) is 7. The SMILES string of the molecule is C#CCN1CCN(c2ccccc2NC(=O)CSc2nnc(-c3ccccc3Br)o2)CC1. The van der Waals surface area contributed by atoms with Crippen LogP contribution in [0.5, 0.6) is 0 Å². The highest BCUT2D eigenvalue weighted by Crippen LogP contribution is 2.30. The third-order valence-electron chi connectivity index (χ3n) is 5.04. The third-order valence-corrected chi connectivity index (χ3v) is 6.55. The second-order valence-electron chi connectivity index (χ2n) is 7.17. The molecule has 0 radical (unpaired) electrons. The van der Waals surface area contributed by atoms with Gasteiger partial charge in [0.2, 0.25) is 11.8 Å². The van der Waals surface area contributed by atoms with Crippen LogP contribution in [-0.4, -0.2) is 59.5 Å². The Hall–Kier alpha value is -2.80. The number of piperazine rings is 1. The van der Waals surface area contributed by atoms with Gasteiger partial charge in [-0.1, -0.05) is 41.9 Å². The van der Waals surface area contributed by atoms with Crippen LogP contribution < -0.4 is 10.2 Å². The first-order valence-corrected chi connectivity index (χ1v) is 11.9. The van der Waals surface area contributed by atoms with E-state index in [0.717, 1.165) is 47.6 Å². The molecule has 0 bridgehead atoms. The Kier molecular flexibility index (Phi) is 7.47. The summed E-state index contributed by atoms with van der Waals surface area (Å²) >= 11 is 4.69. The summed E-state index contributed by atoms with van der Waals surface area (Å²) in [5.41, 5.74) is 2.62. The minimum Gasteiger partial charge on any atom is -0.411 e. The molecule has 2 heterocycles. The van der Waals surface area contributed by atoms with E-state index in [2.05, 4.69) is 47.2 Å². The fourth-order valence-corrected chi connectivity index (χ4v) is 4.47. The summed E-state index contributed by atoms with van der Waals surface area (Å²) in [6.07, 6.45) is 5.42. The molecule has 4 rings (SSSR count). The molecule has 1 aromatic heterocycles. The lowest BCUT2D eigenvalue weighted by atomic mass is 10.2. The molecule has 1 aliphatic rings. The number of rotatable bonds is 7. The van der Waals surface area contributed by atoms with Gasteiger partial charge in [0.1, 0.15) is 0 Å². The molecule has 1 N–H and O–H groups in total. The minimum atomic E-state index is -0.131. The van der Waals surface area contributed by atoms with Crippen molar-refractivity contribution in [3.8, 4) is 23.8 Å². The number of anilines is 2. The molecule has 2 aromatic carbocycles. The summed E-state index contributed by atoms with van der Waals surface area (Å²) in [4.78, 5) is 17.1. The van der Waals surface area contributed by atoms with Crippen LogP contribution >= 0.6 is 27.7 Å². The molecule has 1 amide bonds. The lowest BCUT2D eigenvalue weighted by Gasteiger charge is -2.36. The van der Waals surface area contributed by atoms with Crippen LogP contribution in [0.3, 0.4) is 0 Å². The lowest BCUT2D eigenvalue weighted by molar-refractivity contribution is -0.113. The topological polar surface area (TPSA) is 74.5 Å². The predicted molar refractivity (Wildman–Crippen MR) is 131 cm³/mol. The summed E-state index contributed by atoms with van der Waals surface area (Å²) < 4.78 is 6.57. The van der Waals surface area contributed by atoms with Crippen LogP contribution in [0.15, 0.2) is 62.6 Å². The zero-order valence-corrected chi connectivity index (χ0v) is 19.7. The number of terminal acetylenes is 1. The highest BCUT2D eigenvalue weighted by molar-refractivity contribution is 9.10. The van der Waals surface area contributed by atoms with Gasteiger partial charge in [-0.2, -0.15) is 0 Å². The molecule has 1 saturated heterocycles. The maximum Gasteiger partial charge on any atom is 0.277 e. The number of aromatic nitrogens is 2. The van der Waals surface area contributed by atoms with Crippen molar-refractivity contribution in [3.05, 3.63) is 53.0 Å². The second-order valence-corrected chi connectivity index (χ2v) is 8.96. The quantitative estimate of drug-likeness (QED) is 0.379. The van der Waals surface area contributed by atoms with E-state index in [4.69, 9.17) is 10.8 Å². The monoisotopic (exact) mass is 511 g/mol. The Labute approximate surface area is 199 Å². The minimum absolute atomic E-state index is 0.131. The number of carbonyl (C=O) groups excluding carboxylic acids is 1. The Morgan fingerprint density at radius 1 is 1.12 bits per heavy atom. The number of nitrogens with zero attached hydrogens (tertiary/aromatic N) is 4. The Morgan fingerprint density at radius 2 is 1.88 bits per heavy atom. The summed E-state index contributed by atoms with van der Waals surface area (Å²) in [6.45, 7) is 4.20. The number of benzene rings is 2. The number of nitrogens with one attached hydrogen (secondary N) is 1. The van der Waals surface area contributed by atoms with Crippen LogP contribution in [-0.2, 0) is 4.79 Å². The average molecular weight is 512 g/mol. The number of amides is 1. The van der Waals surface area contributed by atoms with E-state index in [1.807, 2.05) is 48.5 Å². The second kappa shape index (κ2) is 10.7. The van der Waals surface area contributed by atoms with Crippen LogP contribution in [0.1, 0.15) is 0 Å². The van der Waals surface area contributed by atoms with Crippen molar-refractivity contribution in [1.82, 2.24) is 15.1 Å². The van der Waals surface area contributed by atoms with Gasteiger partial charge in [-0.25, -0.2) is 0 Å². The number of para-hydroxylation sites is 2. The Bertz CT molecular complexity index is 1120. The van der Waals surface area contributed by atoms with E-state index in [-0.39, 0.29) is 11.7 Å². The molecule has 0 spiro atoms. The smallest absolute Gasteiger partial charge is 0.277 e. The van der Waals surface area contributed by atoms with Crippen LogP contribution in [0.4, 0.5) is 11.4 Å². The van der Waals surface area contributed by atoms with E-state index in [0.29, 0.717) is 17.7 Å². The third kappa shape index (κ3) is 5.51. The normalized spacial score (nSPS) is 14.2. The summed E-state index contributed by atoms with van der Waals surface area (Å²) in [6, 6.07) is 15.5. The van der Waals surface area contributed by atoms with E-state index in [1.165, 1.54) is 11.8 Å². The van der Waals surface area contributed by atoms with Crippen molar-refractivity contribution >= 4 is 45.0 Å². The largest absolute Gasteiger partial charge is 0.411 e. The highest BCUT2D eigenvalue weighted by atomic mass is 79.9. The maximum absolute atomic E-state index is 12.6. The van der Waals surface area contributed by atoms with Crippen molar-refractivity contribution < 1.29 is 9.21 Å². The molecular formula is C23H22BrN5O2S. The fraction of sp³-hybridized carbons (Fsp3) is 0.261. The van der Waals surface area contributed by atoms with Crippen molar-refractivity contribution in [2.45, 2.75) is 5.22 Å². The summed E-state index contributed by atoms with van der Waals surface area (Å²) in [7, 11) is 0. The van der Waals surface area contributed by atoms with Gasteiger partial charge in [0.05, 0.1) is 29.2 Å².